The van der Waals surface area contributed by atoms with Crippen molar-refractivity contribution in [2.45, 2.75) is 12.5 Å². The summed E-state index contributed by atoms with van der Waals surface area (Å²) in [6.07, 6.45) is 4.58. The minimum atomic E-state index is 0.219. The molecule has 0 aliphatic rings. The van der Waals surface area contributed by atoms with Gasteiger partial charge in [-0.25, -0.2) is 0 Å². The number of hydrogen-bond acceptors (Lipinski definition) is 3. The van der Waals surface area contributed by atoms with Gasteiger partial charge in [-0.2, -0.15) is 11.8 Å². The van der Waals surface area contributed by atoms with E-state index in [0.717, 1.165) is 17.9 Å². The lowest BCUT2D eigenvalue weighted by molar-refractivity contribution is 0.493. The predicted octanol–water partition coefficient (Wildman–Crippen LogP) is 1.51. The second kappa shape index (κ2) is 4.46. The van der Waals surface area contributed by atoms with Gasteiger partial charge in [0.05, 0.1) is 6.26 Å². The molecular formula is C8H13NOS. The lowest BCUT2D eigenvalue weighted by Gasteiger charge is -2.06. The third-order valence-corrected chi connectivity index (χ3v) is 2.19. The summed E-state index contributed by atoms with van der Waals surface area (Å²) in [7, 11) is 0. The third kappa shape index (κ3) is 2.99. The highest BCUT2D eigenvalue weighted by atomic mass is 32.2. The van der Waals surface area contributed by atoms with Gasteiger partial charge < -0.3 is 10.2 Å². The Hall–Kier alpha value is -0.410. The summed E-state index contributed by atoms with van der Waals surface area (Å²) in [5.74, 6) is 1.97. The lowest BCUT2D eigenvalue weighted by atomic mass is 10.2. The van der Waals surface area contributed by atoms with Crippen molar-refractivity contribution in [1.82, 2.24) is 0 Å². The van der Waals surface area contributed by atoms with Crippen molar-refractivity contribution in [3.63, 3.8) is 0 Å². The largest absolute Gasteiger partial charge is 0.469 e. The quantitative estimate of drug-likeness (QED) is 0.746. The maximum Gasteiger partial charge on any atom is 0.105 e. The first kappa shape index (κ1) is 8.68. The fourth-order valence-electron chi connectivity index (χ4n) is 0.960. The predicted molar refractivity (Wildman–Crippen MR) is 48.8 cm³/mol. The van der Waals surface area contributed by atoms with Gasteiger partial charge in [0, 0.05) is 18.2 Å². The van der Waals surface area contributed by atoms with Gasteiger partial charge in [0.1, 0.15) is 5.76 Å². The number of hydrogen-bond donors (Lipinski definition) is 1. The second-order valence-corrected chi connectivity index (χ2v) is 3.41. The average Bonchev–Trinajstić information content (AvgIpc) is 2.40. The van der Waals surface area contributed by atoms with Gasteiger partial charge in [0.25, 0.3) is 0 Å². The molecule has 11 heavy (non-hydrogen) atoms. The normalized spacial score (nSPS) is 13.3. The Morgan fingerprint density at radius 3 is 3.09 bits per heavy atom. The molecule has 0 radical (unpaired) electrons. The van der Waals surface area contributed by atoms with Gasteiger partial charge in [-0.15, -0.1) is 0 Å². The molecule has 3 heteroatoms. The monoisotopic (exact) mass is 171 g/mol. The average molecular weight is 171 g/mol. The Kier molecular flexibility index (Phi) is 3.52. The van der Waals surface area contributed by atoms with E-state index in [9.17, 15) is 0 Å². The SMILES string of the molecule is CSCC(N)Cc1ccco1. The number of nitrogens with two attached hydrogens (primary N) is 1. The zero-order chi connectivity index (χ0) is 8.10. The van der Waals surface area contributed by atoms with Gasteiger partial charge in [-0.05, 0) is 18.4 Å². The molecule has 1 aromatic heterocycles. The molecule has 1 rings (SSSR count). The third-order valence-electron chi connectivity index (χ3n) is 1.42. The van der Waals surface area contributed by atoms with E-state index in [4.69, 9.17) is 10.2 Å². The fourth-order valence-corrected chi connectivity index (χ4v) is 1.51. The van der Waals surface area contributed by atoms with Crippen LogP contribution in [0.1, 0.15) is 5.76 Å². The van der Waals surface area contributed by atoms with Crippen LogP contribution in [0, 0.1) is 0 Å². The number of furan rings is 1. The Bertz CT molecular complexity index is 186. The van der Waals surface area contributed by atoms with E-state index < -0.39 is 0 Å². The van der Waals surface area contributed by atoms with Crippen LogP contribution in [0.25, 0.3) is 0 Å². The minimum absolute atomic E-state index is 0.219. The van der Waals surface area contributed by atoms with Crippen LogP contribution in [-0.4, -0.2) is 18.1 Å². The summed E-state index contributed by atoms with van der Waals surface area (Å²) in [5.41, 5.74) is 5.79. The van der Waals surface area contributed by atoms with E-state index in [1.807, 2.05) is 12.1 Å². The molecule has 0 saturated heterocycles. The summed E-state index contributed by atoms with van der Waals surface area (Å²) in [6, 6.07) is 4.07. The molecule has 2 nitrogen and oxygen atoms in total. The van der Waals surface area contributed by atoms with Crippen molar-refractivity contribution in [2.75, 3.05) is 12.0 Å². The molecule has 1 heterocycles. The van der Waals surface area contributed by atoms with Crippen LogP contribution in [0.5, 0.6) is 0 Å². The van der Waals surface area contributed by atoms with Gasteiger partial charge in [-0.1, -0.05) is 0 Å². The molecule has 0 aliphatic heterocycles. The van der Waals surface area contributed by atoms with Crippen LogP contribution in [0.3, 0.4) is 0 Å². The van der Waals surface area contributed by atoms with E-state index in [0.29, 0.717) is 0 Å². The van der Waals surface area contributed by atoms with Gasteiger partial charge in [-0.3, -0.25) is 0 Å². The van der Waals surface area contributed by atoms with Gasteiger partial charge in [0.15, 0.2) is 0 Å². The summed E-state index contributed by atoms with van der Waals surface area (Å²) < 4.78 is 5.16. The second-order valence-electron chi connectivity index (χ2n) is 2.50. The zero-order valence-electron chi connectivity index (χ0n) is 6.62. The molecule has 0 saturated carbocycles. The number of thioether (sulfide) groups is 1. The van der Waals surface area contributed by atoms with Crippen molar-refractivity contribution >= 4 is 11.8 Å². The lowest BCUT2D eigenvalue weighted by Crippen LogP contribution is -2.25. The van der Waals surface area contributed by atoms with Crippen molar-refractivity contribution in [1.29, 1.82) is 0 Å². The van der Waals surface area contributed by atoms with Crippen LogP contribution in [0.2, 0.25) is 0 Å². The number of rotatable bonds is 4. The van der Waals surface area contributed by atoms with E-state index in [1.54, 1.807) is 18.0 Å². The summed E-state index contributed by atoms with van der Waals surface area (Å²) in [4.78, 5) is 0. The van der Waals surface area contributed by atoms with Crippen LogP contribution in [0.15, 0.2) is 22.8 Å². The van der Waals surface area contributed by atoms with Gasteiger partial charge >= 0.3 is 0 Å². The highest BCUT2D eigenvalue weighted by Gasteiger charge is 2.04. The maximum atomic E-state index is 5.79. The standard InChI is InChI=1S/C8H13NOS/c1-11-6-7(9)5-8-3-2-4-10-8/h2-4,7H,5-6,9H2,1H3. The van der Waals surface area contributed by atoms with Crippen LogP contribution < -0.4 is 5.73 Å². The molecule has 0 fully saturated rings. The van der Waals surface area contributed by atoms with Crippen molar-refractivity contribution < 1.29 is 4.42 Å². The first-order valence-corrected chi connectivity index (χ1v) is 4.99. The molecule has 1 atom stereocenters. The Morgan fingerprint density at radius 1 is 1.73 bits per heavy atom. The smallest absolute Gasteiger partial charge is 0.105 e. The Morgan fingerprint density at radius 2 is 2.55 bits per heavy atom. The molecule has 1 unspecified atom stereocenters. The first-order chi connectivity index (χ1) is 5.33. The molecule has 0 aliphatic carbocycles. The molecule has 2 N–H and O–H groups in total. The molecular weight excluding hydrogens is 158 g/mol. The van der Waals surface area contributed by atoms with Crippen molar-refractivity contribution in [3.05, 3.63) is 24.2 Å². The van der Waals surface area contributed by atoms with Crippen molar-refractivity contribution in [3.8, 4) is 0 Å². The highest BCUT2D eigenvalue weighted by Crippen LogP contribution is 2.05. The van der Waals surface area contributed by atoms with Gasteiger partial charge in [0.2, 0.25) is 0 Å². The van der Waals surface area contributed by atoms with Crippen LogP contribution in [0.4, 0.5) is 0 Å². The van der Waals surface area contributed by atoms with E-state index in [-0.39, 0.29) is 6.04 Å². The molecule has 62 valence electrons. The van der Waals surface area contributed by atoms with E-state index in [2.05, 4.69) is 6.26 Å². The molecule has 0 bridgehead atoms. The summed E-state index contributed by atoms with van der Waals surface area (Å²) in [5, 5.41) is 0. The van der Waals surface area contributed by atoms with Crippen molar-refractivity contribution in [2.24, 2.45) is 5.73 Å². The molecule has 0 spiro atoms. The first-order valence-electron chi connectivity index (χ1n) is 3.60. The zero-order valence-corrected chi connectivity index (χ0v) is 7.43. The molecule has 1 aromatic rings. The maximum absolute atomic E-state index is 5.79. The van der Waals surface area contributed by atoms with E-state index >= 15 is 0 Å². The Balaban J connectivity index is 2.31. The minimum Gasteiger partial charge on any atom is -0.469 e. The van der Waals surface area contributed by atoms with E-state index in [1.165, 1.54) is 0 Å². The van der Waals surface area contributed by atoms with Crippen LogP contribution >= 0.6 is 11.8 Å². The van der Waals surface area contributed by atoms with Crippen LogP contribution in [-0.2, 0) is 6.42 Å². The summed E-state index contributed by atoms with van der Waals surface area (Å²) >= 11 is 1.76. The highest BCUT2D eigenvalue weighted by molar-refractivity contribution is 7.98. The topological polar surface area (TPSA) is 39.2 Å². The Labute approximate surface area is 71.1 Å². The summed E-state index contributed by atoms with van der Waals surface area (Å²) in [6.45, 7) is 0. The fraction of sp³-hybridized carbons (Fsp3) is 0.500. The molecule has 0 amide bonds. The molecule has 0 aromatic carbocycles.